The largest absolute Gasteiger partial charge is 0.352 e. The first-order chi connectivity index (χ1) is 8.77. The fraction of sp³-hybridized carbons (Fsp3) is 0.538. The van der Waals surface area contributed by atoms with E-state index in [1.807, 2.05) is 11.8 Å². The Balaban J connectivity index is 2.27. The molecule has 0 aliphatic rings. The highest BCUT2D eigenvalue weighted by molar-refractivity contribution is 7.98. The summed E-state index contributed by atoms with van der Waals surface area (Å²) in [6.07, 6.45) is 7.13. The summed E-state index contributed by atoms with van der Waals surface area (Å²) >= 11 is 1.86. The van der Waals surface area contributed by atoms with Gasteiger partial charge in [-0.25, -0.2) is 0 Å². The third-order valence-corrected chi connectivity index (χ3v) is 3.30. The van der Waals surface area contributed by atoms with E-state index in [-0.39, 0.29) is 5.91 Å². The number of hydrogen-bond acceptors (Lipinski definition) is 4. The molecule has 0 fully saturated rings. The number of carbonyl (C=O) groups is 1. The van der Waals surface area contributed by atoms with Crippen LogP contribution in [0.15, 0.2) is 18.3 Å². The lowest BCUT2D eigenvalue weighted by atomic mass is 10.2. The highest BCUT2D eigenvalue weighted by atomic mass is 32.2. The van der Waals surface area contributed by atoms with Crippen molar-refractivity contribution < 1.29 is 4.79 Å². The average Bonchev–Trinajstić information content (AvgIpc) is 2.42. The minimum atomic E-state index is -0.0445. The lowest BCUT2D eigenvalue weighted by molar-refractivity contribution is 0.0952. The molecule has 1 heterocycles. The maximum Gasteiger partial charge on any atom is 0.251 e. The summed E-state index contributed by atoms with van der Waals surface area (Å²) in [6.45, 7) is 1.09. The summed E-state index contributed by atoms with van der Waals surface area (Å²) in [4.78, 5) is 15.9. The molecule has 0 saturated carbocycles. The van der Waals surface area contributed by atoms with E-state index < -0.39 is 0 Å². The van der Waals surface area contributed by atoms with Crippen molar-refractivity contribution in [3.05, 3.63) is 29.6 Å². The van der Waals surface area contributed by atoms with Gasteiger partial charge in [-0.15, -0.1) is 0 Å². The maximum atomic E-state index is 11.8. The van der Waals surface area contributed by atoms with Gasteiger partial charge in [0.25, 0.3) is 5.91 Å². The van der Waals surface area contributed by atoms with Crippen molar-refractivity contribution in [2.45, 2.75) is 25.8 Å². The van der Waals surface area contributed by atoms with Crippen molar-refractivity contribution in [1.29, 1.82) is 0 Å². The molecule has 0 atom stereocenters. The number of aromatic nitrogens is 1. The molecule has 18 heavy (non-hydrogen) atoms. The van der Waals surface area contributed by atoms with E-state index in [0.29, 0.717) is 12.1 Å². The first-order valence-electron chi connectivity index (χ1n) is 6.20. The van der Waals surface area contributed by atoms with E-state index in [0.717, 1.165) is 25.1 Å². The molecule has 1 aromatic heterocycles. The second-order valence-corrected chi connectivity index (χ2v) is 5.03. The predicted octanol–water partition coefficient (Wildman–Crippen LogP) is 1.80. The highest BCUT2D eigenvalue weighted by Gasteiger charge is 2.05. The molecule has 3 N–H and O–H groups in total. The Bertz CT molecular complexity index is 371. The van der Waals surface area contributed by atoms with Crippen LogP contribution in [0.5, 0.6) is 0 Å². The fourth-order valence-electron chi connectivity index (χ4n) is 1.58. The quantitative estimate of drug-likeness (QED) is 0.705. The van der Waals surface area contributed by atoms with Crippen molar-refractivity contribution in [2.24, 2.45) is 5.73 Å². The van der Waals surface area contributed by atoms with Crippen molar-refractivity contribution in [1.82, 2.24) is 10.3 Å². The lowest BCUT2D eigenvalue weighted by Gasteiger charge is -2.06. The van der Waals surface area contributed by atoms with Gasteiger partial charge in [-0.05, 0) is 37.0 Å². The Kier molecular flexibility index (Phi) is 7.44. The van der Waals surface area contributed by atoms with Crippen LogP contribution in [0.25, 0.3) is 0 Å². The van der Waals surface area contributed by atoms with Crippen LogP contribution in [0, 0.1) is 0 Å². The fourth-order valence-corrected chi connectivity index (χ4v) is 2.08. The third-order valence-electron chi connectivity index (χ3n) is 2.60. The molecule has 0 spiro atoms. The van der Waals surface area contributed by atoms with Crippen molar-refractivity contribution in [3.8, 4) is 0 Å². The van der Waals surface area contributed by atoms with E-state index in [4.69, 9.17) is 5.73 Å². The Labute approximate surface area is 113 Å². The van der Waals surface area contributed by atoms with E-state index in [1.54, 1.807) is 18.3 Å². The van der Waals surface area contributed by atoms with Crippen molar-refractivity contribution in [2.75, 3.05) is 18.6 Å². The van der Waals surface area contributed by atoms with Crippen molar-refractivity contribution >= 4 is 17.7 Å². The molecular formula is C13H21N3OS. The molecule has 0 bridgehead atoms. The second kappa shape index (κ2) is 8.94. The maximum absolute atomic E-state index is 11.8. The summed E-state index contributed by atoms with van der Waals surface area (Å²) < 4.78 is 0. The molecule has 0 aliphatic heterocycles. The molecule has 1 amide bonds. The summed E-state index contributed by atoms with van der Waals surface area (Å²) in [6, 6.07) is 3.45. The molecule has 0 aromatic carbocycles. The minimum absolute atomic E-state index is 0.0445. The predicted molar refractivity (Wildman–Crippen MR) is 76.7 cm³/mol. The topological polar surface area (TPSA) is 68.0 Å². The van der Waals surface area contributed by atoms with E-state index in [9.17, 15) is 4.79 Å². The average molecular weight is 267 g/mol. The van der Waals surface area contributed by atoms with Gasteiger partial charge < -0.3 is 11.1 Å². The van der Waals surface area contributed by atoms with Gasteiger partial charge in [0.05, 0.1) is 5.69 Å². The van der Waals surface area contributed by atoms with Gasteiger partial charge >= 0.3 is 0 Å². The number of nitrogens with zero attached hydrogens (tertiary/aromatic N) is 1. The Morgan fingerprint density at radius 2 is 2.28 bits per heavy atom. The third kappa shape index (κ3) is 5.51. The molecule has 0 unspecified atom stereocenters. The number of nitrogens with one attached hydrogen (secondary N) is 1. The minimum Gasteiger partial charge on any atom is -0.352 e. The molecule has 0 aliphatic carbocycles. The number of thioether (sulfide) groups is 1. The van der Waals surface area contributed by atoms with Crippen LogP contribution in [-0.2, 0) is 6.54 Å². The Morgan fingerprint density at radius 3 is 3.00 bits per heavy atom. The van der Waals surface area contributed by atoms with Gasteiger partial charge in [0.1, 0.15) is 0 Å². The summed E-state index contributed by atoms with van der Waals surface area (Å²) in [7, 11) is 0. The standard InChI is InChI=1S/C13H21N3OS/c1-18-8-4-2-3-6-16-13(17)11-5-7-15-12(9-11)10-14/h5,7,9H,2-4,6,8,10,14H2,1H3,(H,16,17). The highest BCUT2D eigenvalue weighted by Crippen LogP contribution is 2.03. The Morgan fingerprint density at radius 1 is 1.44 bits per heavy atom. The Hall–Kier alpha value is -1.07. The normalized spacial score (nSPS) is 10.3. The summed E-state index contributed by atoms with van der Waals surface area (Å²) in [5, 5.41) is 2.91. The number of amides is 1. The smallest absolute Gasteiger partial charge is 0.251 e. The lowest BCUT2D eigenvalue weighted by Crippen LogP contribution is -2.24. The van der Waals surface area contributed by atoms with Crippen LogP contribution in [0.1, 0.15) is 35.3 Å². The molecule has 4 nitrogen and oxygen atoms in total. The number of unbranched alkanes of at least 4 members (excludes halogenated alkanes) is 2. The molecule has 100 valence electrons. The second-order valence-electron chi connectivity index (χ2n) is 4.05. The summed E-state index contributed by atoms with van der Waals surface area (Å²) in [5.41, 5.74) is 6.86. The van der Waals surface area contributed by atoms with Gasteiger partial charge in [0, 0.05) is 24.8 Å². The first kappa shape index (κ1) is 15.0. The van der Waals surface area contributed by atoms with Crippen LogP contribution >= 0.6 is 11.8 Å². The number of pyridine rings is 1. The number of carbonyl (C=O) groups excluding carboxylic acids is 1. The number of nitrogens with two attached hydrogens (primary N) is 1. The van der Waals surface area contributed by atoms with Gasteiger partial charge in [0.2, 0.25) is 0 Å². The van der Waals surface area contributed by atoms with Crippen LogP contribution in [0.3, 0.4) is 0 Å². The zero-order valence-corrected chi connectivity index (χ0v) is 11.6. The van der Waals surface area contributed by atoms with Crippen LogP contribution in [-0.4, -0.2) is 29.4 Å². The zero-order chi connectivity index (χ0) is 13.2. The van der Waals surface area contributed by atoms with E-state index in [2.05, 4.69) is 16.6 Å². The van der Waals surface area contributed by atoms with Crippen molar-refractivity contribution in [3.63, 3.8) is 0 Å². The summed E-state index contributed by atoms with van der Waals surface area (Å²) in [5.74, 6) is 1.15. The van der Waals surface area contributed by atoms with Gasteiger partial charge in [-0.1, -0.05) is 6.42 Å². The molecule has 0 radical (unpaired) electrons. The monoisotopic (exact) mass is 267 g/mol. The SMILES string of the molecule is CSCCCCCNC(=O)c1ccnc(CN)c1. The van der Waals surface area contributed by atoms with Crippen LogP contribution < -0.4 is 11.1 Å². The molecule has 0 saturated heterocycles. The van der Waals surface area contributed by atoms with Gasteiger partial charge in [-0.2, -0.15) is 11.8 Å². The first-order valence-corrected chi connectivity index (χ1v) is 7.59. The molecule has 1 rings (SSSR count). The zero-order valence-electron chi connectivity index (χ0n) is 10.8. The van der Waals surface area contributed by atoms with Crippen LogP contribution in [0.4, 0.5) is 0 Å². The molecule has 1 aromatic rings. The van der Waals surface area contributed by atoms with Crippen LogP contribution in [0.2, 0.25) is 0 Å². The van der Waals surface area contributed by atoms with E-state index >= 15 is 0 Å². The number of rotatable bonds is 8. The van der Waals surface area contributed by atoms with Gasteiger partial charge in [0.15, 0.2) is 0 Å². The molecule has 5 heteroatoms. The molecular weight excluding hydrogens is 246 g/mol. The number of hydrogen-bond donors (Lipinski definition) is 2. The van der Waals surface area contributed by atoms with Gasteiger partial charge in [-0.3, -0.25) is 9.78 Å². The van der Waals surface area contributed by atoms with E-state index in [1.165, 1.54) is 12.2 Å².